The molecule has 1 aliphatic rings. The third kappa shape index (κ3) is 5.26. The molecule has 4 nitrogen and oxygen atoms in total. The molecule has 1 amide bonds. The molecule has 0 unspecified atom stereocenters. The summed E-state index contributed by atoms with van der Waals surface area (Å²) in [5, 5.41) is 3.00. The van der Waals surface area contributed by atoms with Gasteiger partial charge in [-0.15, -0.1) is 0 Å². The number of likely N-dealkylation sites (tertiary alicyclic amines) is 1. The minimum Gasteiger partial charge on any atom is -0.492 e. The van der Waals surface area contributed by atoms with Crippen molar-refractivity contribution in [1.82, 2.24) is 10.2 Å². The van der Waals surface area contributed by atoms with Crippen LogP contribution in [0, 0.1) is 11.6 Å². The molecule has 1 aliphatic heterocycles. The van der Waals surface area contributed by atoms with Crippen LogP contribution in [0.4, 0.5) is 8.78 Å². The second-order valence-corrected chi connectivity index (χ2v) is 6.40. The highest BCUT2D eigenvalue weighted by molar-refractivity contribution is 5.94. The summed E-state index contributed by atoms with van der Waals surface area (Å²) in [7, 11) is 0. The molecule has 26 heavy (non-hydrogen) atoms. The molecule has 1 saturated heterocycles. The Bertz CT molecular complexity index is 729. The van der Waals surface area contributed by atoms with E-state index in [9.17, 15) is 13.6 Å². The Morgan fingerprint density at radius 2 is 1.81 bits per heavy atom. The second-order valence-electron chi connectivity index (χ2n) is 6.40. The van der Waals surface area contributed by atoms with E-state index in [1.807, 2.05) is 0 Å². The Hall–Kier alpha value is -2.47. The van der Waals surface area contributed by atoms with Crippen LogP contribution in [0.25, 0.3) is 0 Å². The van der Waals surface area contributed by atoms with Crippen LogP contribution in [0.1, 0.15) is 23.2 Å². The standard InChI is InChI=1S/C20H22F2N2O2/c21-16-6-4-15(5-7-16)20(25)23-18-8-10-24(11-9-18)12-13-26-19-3-1-2-17(22)14-19/h1-7,14,18H,8-13H2,(H,23,25). The van der Waals surface area contributed by atoms with Crippen molar-refractivity contribution < 1.29 is 18.3 Å². The number of amides is 1. The van der Waals surface area contributed by atoms with Crippen molar-refractivity contribution in [2.75, 3.05) is 26.2 Å². The van der Waals surface area contributed by atoms with Crippen molar-refractivity contribution in [1.29, 1.82) is 0 Å². The molecule has 1 N–H and O–H groups in total. The fourth-order valence-corrected chi connectivity index (χ4v) is 3.02. The molecule has 0 aromatic heterocycles. The van der Waals surface area contributed by atoms with Gasteiger partial charge in [0.25, 0.3) is 5.91 Å². The van der Waals surface area contributed by atoms with Gasteiger partial charge in [0.15, 0.2) is 0 Å². The number of halogens is 2. The Kier molecular flexibility index (Phi) is 6.17. The first kappa shape index (κ1) is 18.3. The van der Waals surface area contributed by atoms with E-state index in [0.29, 0.717) is 17.9 Å². The Balaban J connectivity index is 1.37. The predicted octanol–water partition coefficient (Wildman–Crippen LogP) is 3.24. The normalized spacial score (nSPS) is 15.6. The van der Waals surface area contributed by atoms with Gasteiger partial charge in [0, 0.05) is 37.3 Å². The Labute approximate surface area is 151 Å². The smallest absolute Gasteiger partial charge is 0.251 e. The highest BCUT2D eigenvalue weighted by Gasteiger charge is 2.21. The first-order chi connectivity index (χ1) is 12.6. The van der Waals surface area contributed by atoms with Gasteiger partial charge in [-0.05, 0) is 49.2 Å². The predicted molar refractivity (Wildman–Crippen MR) is 95.2 cm³/mol. The molecule has 0 atom stereocenters. The van der Waals surface area contributed by atoms with Crippen molar-refractivity contribution in [3.05, 3.63) is 65.7 Å². The van der Waals surface area contributed by atoms with Crippen molar-refractivity contribution >= 4 is 5.91 Å². The molecule has 1 fully saturated rings. The summed E-state index contributed by atoms with van der Waals surface area (Å²) in [6.45, 7) is 2.98. The van der Waals surface area contributed by atoms with E-state index >= 15 is 0 Å². The largest absolute Gasteiger partial charge is 0.492 e. The zero-order valence-corrected chi connectivity index (χ0v) is 14.5. The molecule has 0 spiro atoms. The molecule has 0 saturated carbocycles. The monoisotopic (exact) mass is 360 g/mol. The lowest BCUT2D eigenvalue weighted by atomic mass is 10.0. The Morgan fingerprint density at radius 3 is 2.50 bits per heavy atom. The maximum absolute atomic E-state index is 13.1. The van der Waals surface area contributed by atoms with Gasteiger partial charge in [-0.25, -0.2) is 8.78 Å². The molecule has 0 aliphatic carbocycles. The van der Waals surface area contributed by atoms with E-state index < -0.39 is 0 Å². The number of rotatable bonds is 6. The zero-order valence-electron chi connectivity index (χ0n) is 14.5. The quantitative estimate of drug-likeness (QED) is 0.860. The third-order valence-electron chi connectivity index (χ3n) is 4.50. The molecule has 6 heteroatoms. The van der Waals surface area contributed by atoms with Gasteiger partial charge in [0.05, 0.1) is 0 Å². The Morgan fingerprint density at radius 1 is 1.08 bits per heavy atom. The molecular weight excluding hydrogens is 338 g/mol. The van der Waals surface area contributed by atoms with Gasteiger partial charge >= 0.3 is 0 Å². The van der Waals surface area contributed by atoms with Crippen molar-refractivity contribution in [2.45, 2.75) is 18.9 Å². The van der Waals surface area contributed by atoms with Gasteiger partial charge in [0.1, 0.15) is 24.0 Å². The van der Waals surface area contributed by atoms with E-state index in [0.717, 1.165) is 32.5 Å². The van der Waals surface area contributed by atoms with Gasteiger partial charge in [0.2, 0.25) is 0 Å². The molecule has 0 radical (unpaired) electrons. The highest BCUT2D eigenvalue weighted by atomic mass is 19.1. The average molecular weight is 360 g/mol. The number of nitrogens with one attached hydrogen (secondary N) is 1. The lowest BCUT2D eigenvalue weighted by molar-refractivity contribution is 0.0905. The van der Waals surface area contributed by atoms with Crippen LogP contribution in [0.15, 0.2) is 48.5 Å². The average Bonchev–Trinajstić information content (AvgIpc) is 2.64. The molecule has 2 aromatic carbocycles. The van der Waals surface area contributed by atoms with Gasteiger partial charge in [-0.2, -0.15) is 0 Å². The van der Waals surface area contributed by atoms with Gasteiger partial charge in [-0.1, -0.05) is 6.07 Å². The number of piperidine rings is 1. The molecule has 138 valence electrons. The number of hydrogen-bond acceptors (Lipinski definition) is 3. The van der Waals surface area contributed by atoms with Crippen molar-refractivity contribution in [3.8, 4) is 5.75 Å². The first-order valence-electron chi connectivity index (χ1n) is 8.77. The van der Waals surface area contributed by atoms with E-state index in [1.54, 1.807) is 12.1 Å². The maximum atomic E-state index is 13.1. The summed E-state index contributed by atoms with van der Waals surface area (Å²) in [5.74, 6) is -0.292. The van der Waals surface area contributed by atoms with Crippen molar-refractivity contribution in [3.63, 3.8) is 0 Å². The molecular formula is C20H22F2N2O2. The SMILES string of the molecule is O=C(NC1CCN(CCOc2cccc(F)c2)CC1)c1ccc(F)cc1. The fraction of sp³-hybridized carbons (Fsp3) is 0.350. The van der Waals surface area contributed by atoms with Crippen LogP contribution in [0.3, 0.4) is 0 Å². The van der Waals surface area contributed by atoms with Gasteiger partial charge in [-0.3, -0.25) is 9.69 Å². The minimum atomic E-state index is -0.352. The fourth-order valence-electron chi connectivity index (χ4n) is 3.02. The van der Waals surface area contributed by atoms with Crippen LogP contribution < -0.4 is 10.1 Å². The van der Waals surface area contributed by atoms with E-state index in [1.165, 1.54) is 36.4 Å². The lowest BCUT2D eigenvalue weighted by Gasteiger charge is -2.32. The first-order valence-corrected chi connectivity index (χ1v) is 8.77. The summed E-state index contributed by atoms with van der Waals surface area (Å²) in [5.41, 5.74) is 0.470. The van der Waals surface area contributed by atoms with E-state index in [4.69, 9.17) is 4.74 Å². The molecule has 3 rings (SSSR count). The number of hydrogen-bond donors (Lipinski definition) is 1. The number of carbonyl (C=O) groups excluding carboxylic acids is 1. The zero-order chi connectivity index (χ0) is 18.4. The lowest BCUT2D eigenvalue weighted by Crippen LogP contribution is -2.45. The topological polar surface area (TPSA) is 41.6 Å². The summed E-state index contributed by atoms with van der Waals surface area (Å²) >= 11 is 0. The highest BCUT2D eigenvalue weighted by Crippen LogP contribution is 2.14. The summed E-state index contributed by atoms with van der Waals surface area (Å²) < 4.78 is 31.6. The summed E-state index contributed by atoms with van der Waals surface area (Å²) in [4.78, 5) is 14.4. The van der Waals surface area contributed by atoms with Crippen LogP contribution >= 0.6 is 0 Å². The van der Waals surface area contributed by atoms with E-state index in [-0.39, 0.29) is 23.6 Å². The summed E-state index contributed by atoms with van der Waals surface area (Å²) in [6.07, 6.45) is 1.71. The number of nitrogens with zero attached hydrogens (tertiary/aromatic N) is 1. The van der Waals surface area contributed by atoms with Crippen LogP contribution in [0.5, 0.6) is 5.75 Å². The minimum absolute atomic E-state index is 0.118. The van der Waals surface area contributed by atoms with E-state index in [2.05, 4.69) is 10.2 Å². The van der Waals surface area contributed by atoms with Crippen LogP contribution in [-0.4, -0.2) is 43.1 Å². The number of benzene rings is 2. The molecule has 0 bridgehead atoms. The molecule has 2 aromatic rings. The van der Waals surface area contributed by atoms with Gasteiger partial charge < -0.3 is 10.1 Å². The second kappa shape index (κ2) is 8.76. The van der Waals surface area contributed by atoms with Crippen molar-refractivity contribution in [2.24, 2.45) is 0 Å². The van der Waals surface area contributed by atoms with Crippen LogP contribution in [0.2, 0.25) is 0 Å². The number of ether oxygens (including phenoxy) is 1. The van der Waals surface area contributed by atoms with Crippen LogP contribution in [-0.2, 0) is 0 Å². The molecule has 1 heterocycles. The summed E-state index contributed by atoms with van der Waals surface area (Å²) in [6, 6.07) is 11.8. The third-order valence-corrected chi connectivity index (χ3v) is 4.50. The maximum Gasteiger partial charge on any atom is 0.251 e. The number of carbonyl (C=O) groups is 1.